The van der Waals surface area contributed by atoms with Crippen molar-refractivity contribution >= 4 is 40.9 Å². The van der Waals surface area contributed by atoms with E-state index >= 15 is 0 Å². The summed E-state index contributed by atoms with van der Waals surface area (Å²) in [5, 5.41) is 3.84. The number of amides is 1. The van der Waals surface area contributed by atoms with Crippen LogP contribution < -0.4 is 5.32 Å². The molecule has 5 heteroatoms. The first kappa shape index (κ1) is 15.7. The van der Waals surface area contributed by atoms with E-state index in [0.717, 1.165) is 23.3 Å². The van der Waals surface area contributed by atoms with Gasteiger partial charge in [-0.3, -0.25) is 4.79 Å². The smallest absolute Gasteiger partial charge is 0.238 e. The zero-order chi connectivity index (χ0) is 15.5. The fraction of sp³-hybridized carbons (Fsp3) is 0.235. The Morgan fingerprint density at radius 3 is 2.27 bits per heavy atom. The number of hydrogen-bond acceptors (Lipinski definition) is 2. The molecular weight excluding hydrogens is 337 g/mol. The summed E-state index contributed by atoms with van der Waals surface area (Å²) in [6, 6.07) is 15.4. The molecular formula is C17H15Cl2NOS. The summed E-state index contributed by atoms with van der Waals surface area (Å²) >= 11 is 13.9. The summed E-state index contributed by atoms with van der Waals surface area (Å²) in [4.78, 5) is 13.3. The van der Waals surface area contributed by atoms with Crippen molar-refractivity contribution in [3.63, 3.8) is 0 Å². The predicted octanol–water partition coefficient (Wildman–Crippen LogP) is 5.11. The minimum Gasteiger partial charge on any atom is -0.352 e. The van der Waals surface area contributed by atoms with Crippen molar-refractivity contribution in [3.8, 4) is 0 Å². The van der Waals surface area contributed by atoms with Crippen LogP contribution in [0.15, 0.2) is 53.4 Å². The molecule has 0 spiro atoms. The second-order valence-corrected chi connectivity index (χ2v) is 7.17. The third-order valence-corrected chi connectivity index (χ3v) is 5.67. The van der Waals surface area contributed by atoms with E-state index in [2.05, 4.69) is 5.32 Å². The maximum Gasteiger partial charge on any atom is 0.238 e. The van der Waals surface area contributed by atoms with Gasteiger partial charge >= 0.3 is 0 Å². The monoisotopic (exact) mass is 351 g/mol. The van der Waals surface area contributed by atoms with Crippen LogP contribution in [0, 0.1) is 0 Å². The molecule has 22 heavy (non-hydrogen) atoms. The van der Waals surface area contributed by atoms with E-state index in [1.165, 1.54) is 11.8 Å². The van der Waals surface area contributed by atoms with Crippen LogP contribution in [0.5, 0.6) is 0 Å². The van der Waals surface area contributed by atoms with E-state index in [-0.39, 0.29) is 11.2 Å². The largest absolute Gasteiger partial charge is 0.352 e. The lowest BCUT2D eigenvalue weighted by atomic mass is 10.1. The standard InChI is InChI=1S/C17H15Cl2NOS/c18-13-7-4-8-14(19)16(13)22-15(11-5-2-1-3-6-11)17(21)20-12-9-10-12/h1-8,12,15H,9-10H2,(H,20,21)/t15-/m1/s1. The summed E-state index contributed by atoms with van der Waals surface area (Å²) in [5.41, 5.74) is 0.946. The number of rotatable bonds is 5. The van der Waals surface area contributed by atoms with Gasteiger partial charge in [-0.05, 0) is 30.5 Å². The Morgan fingerprint density at radius 2 is 1.68 bits per heavy atom. The number of hydrogen-bond donors (Lipinski definition) is 1. The molecule has 3 rings (SSSR count). The number of carbonyl (C=O) groups excluding carboxylic acids is 1. The second-order valence-electron chi connectivity index (χ2n) is 5.24. The fourth-order valence-electron chi connectivity index (χ4n) is 2.12. The summed E-state index contributed by atoms with van der Waals surface area (Å²) in [6.45, 7) is 0. The zero-order valence-corrected chi connectivity index (χ0v) is 14.1. The maximum atomic E-state index is 12.6. The number of nitrogens with one attached hydrogen (secondary N) is 1. The molecule has 114 valence electrons. The van der Waals surface area contributed by atoms with Crippen LogP contribution in [0.3, 0.4) is 0 Å². The highest BCUT2D eigenvalue weighted by Crippen LogP contribution is 2.43. The third kappa shape index (κ3) is 3.78. The number of thioether (sulfide) groups is 1. The first-order valence-electron chi connectivity index (χ1n) is 7.11. The quantitative estimate of drug-likeness (QED) is 0.758. The molecule has 2 nitrogen and oxygen atoms in total. The second kappa shape index (κ2) is 6.95. The van der Waals surface area contributed by atoms with Crippen LogP contribution in [0.25, 0.3) is 0 Å². The van der Waals surface area contributed by atoms with Gasteiger partial charge in [0.25, 0.3) is 0 Å². The molecule has 2 aromatic carbocycles. The summed E-state index contributed by atoms with van der Waals surface area (Å²) in [5.74, 6) is 0.00897. The molecule has 1 fully saturated rings. The lowest BCUT2D eigenvalue weighted by molar-refractivity contribution is -0.120. The van der Waals surface area contributed by atoms with Crippen molar-refractivity contribution < 1.29 is 4.79 Å². The number of carbonyl (C=O) groups is 1. The molecule has 0 aromatic heterocycles. The SMILES string of the molecule is O=C(NC1CC1)[C@H](Sc1c(Cl)cccc1Cl)c1ccccc1. The molecule has 0 bridgehead atoms. The van der Waals surface area contributed by atoms with Gasteiger partial charge < -0.3 is 5.32 Å². The average molecular weight is 352 g/mol. The predicted molar refractivity (Wildman–Crippen MR) is 92.7 cm³/mol. The molecule has 2 aromatic rings. The topological polar surface area (TPSA) is 29.1 Å². The van der Waals surface area contributed by atoms with E-state index in [0.29, 0.717) is 16.1 Å². The van der Waals surface area contributed by atoms with Crippen LogP contribution in [-0.4, -0.2) is 11.9 Å². The Balaban J connectivity index is 1.89. The summed E-state index contributed by atoms with van der Waals surface area (Å²) < 4.78 is 0. The van der Waals surface area contributed by atoms with E-state index in [1.54, 1.807) is 18.2 Å². The highest BCUT2D eigenvalue weighted by Gasteiger charge is 2.29. The van der Waals surface area contributed by atoms with Gasteiger partial charge in [-0.15, -0.1) is 11.8 Å². The van der Waals surface area contributed by atoms with Gasteiger partial charge in [-0.2, -0.15) is 0 Å². The van der Waals surface area contributed by atoms with Crippen molar-refractivity contribution in [2.45, 2.75) is 29.0 Å². The zero-order valence-electron chi connectivity index (χ0n) is 11.8. The van der Waals surface area contributed by atoms with Crippen molar-refractivity contribution in [3.05, 3.63) is 64.1 Å². The minimum atomic E-state index is -0.362. The first-order chi connectivity index (χ1) is 10.6. The Morgan fingerprint density at radius 1 is 1.05 bits per heavy atom. The summed E-state index contributed by atoms with van der Waals surface area (Å²) in [6.07, 6.45) is 2.12. The normalized spacial score (nSPS) is 15.4. The van der Waals surface area contributed by atoms with Crippen LogP contribution in [0.2, 0.25) is 10.0 Å². The van der Waals surface area contributed by atoms with Crippen molar-refractivity contribution in [2.24, 2.45) is 0 Å². The minimum absolute atomic E-state index is 0.00897. The molecule has 1 aliphatic rings. The first-order valence-corrected chi connectivity index (χ1v) is 8.74. The molecule has 0 aliphatic heterocycles. The van der Waals surface area contributed by atoms with Gasteiger partial charge in [-0.1, -0.05) is 59.6 Å². The van der Waals surface area contributed by atoms with Gasteiger partial charge in [0.05, 0.1) is 10.0 Å². The highest BCUT2D eigenvalue weighted by atomic mass is 35.5. The van der Waals surface area contributed by atoms with E-state index in [4.69, 9.17) is 23.2 Å². The van der Waals surface area contributed by atoms with Crippen LogP contribution >= 0.6 is 35.0 Å². The Hall–Kier alpha value is -1.16. The van der Waals surface area contributed by atoms with Crippen LogP contribution in [0.4, 0.5) is 0 Å². The van der Waals surface area contributed by atoms with E-state index < -0.39 is 0 Å². The lowest BCUT2D eigenvalue weighted by Gasteiger charge is -2.18. The van der Waals surface area contributed by atoms with Crippen LogP contribution in [0.1, 0.15) is 23.7 Å². The molecule has 1 N–H and O–H groups in total. The molecule has 1 saturated carbocycles. The van der Waals surface area contributed by atoms with Gasteiger partial charge in [0.15, 0.2) is 0 Å². The average Bonchev–Trinajstić information content (AvgIpc) is 3.31. The van der Waals surface area contributed by atoms with Gasteiger partial charge in [0.1, 0.15) is 5.25 Å². The number of benzene rings is 2. The Bertz CT molecular complexity index is 653. The van der Waals surface area contributed by atoms with Crippen molar-refractivity contribution in [1.82, 2.24) is 5.32 Å². The van der Waals surface area contributed by atoms with E-state index in [9.17, 15) is 4.79 Å². The van der Waals surface area contributed by atoms with E-state index in [1.807, 2.05) is 30.3 Å². The third-order valence-electron chi connectivity index (χ3n) is 3.42. The molecule has 1 aliphatic carbocycles. The van der Waals surface area contributed by atoms with Crippen LogP contribution in [-0.2, 0) is 4.79 Å². The number of halogens is 2. The molecule has 0 radical (unpaired) electrons. The van der Waals surface area contributed by atoms with Crippen molar-refractivity contribution in [1.29, 1.82) is 0 Å². The highest BCUT2D eigenvalue weighted by molar-refractivity contribution is 8.00. The van der Waals surface area contributed by atoms with Crippen molar-refractivity contribution in [2.75, 3.05) is 0 Å². The molecule has 0 heterocycles. The fourth-order valence-corrected chi connectivity index (χ4v) is 3.85. The van der Waals surface area contributed by atoms with Gasteiger partial charge in [-0.25, -0.2) is 0 Å². The Kier molecular flexibility index (Phi) is 4.97. The Labute approximate surface area is 144 Å². The molecule has 0 saturated heterocycles. The summed E-state index contributed by atoms with van der Waals surface area (Å²) in [7, 11) is 0. The van der Waals surface area contributed by atoms with Gasteiger partial charge in [0, 0.05) is 10.9 Å². The van der Waals surface area contributed by atoms with Gasteiger partial charge in [0.2, 0.25) is 5.91 Å². The molecule has 0 unspecified atom stereocenters. The lowest BCUT2D eigenvalue weighted by Crippen LogP contribution is -2.29. The molecule has 1 amide bonds. The maximum absolute atomic E-state index is 12.6. The molecule has 1 atom stereocenters.